The van der Waals surface area contributed by atoms with E-state index in [2.05, 4.69) is 46.3 Å². The fraction of sp³-hybridized carbons (Fsp3) is 0.190. The van der Waals surface area contributed by atoms with E-state index >= 15 is 0 Å². The molecule has 1 saturated heterocycles. The maximum atomic E-state index is 12.8. The first-order valence-electron chi connectivity index (χ1n) is 8.52. The molecule has 1 aliphatic rings. The highest BCUT2D eigenvalue weighted by molar-refractivity contribution is 7.10. The summed E-state index contributed by atoms with van der Waals surface area (Å²) in [6.07, 6.45) is 0. The molecule has 3 aromatic rings. The van der Waals surface area contributed by atoms with Gasteiger partial charge >= 0.3 is 0 Å². The fourth-order valence-electron chi connectivity index (χ4n) is 3.40. The number of carbonyl (C=O) groups excluding carboxylic acids is 1. The van der Waals surface area contributed by atoms with E-state index in [1.165, 1.54) is 4.88 Å². The van der Waals surface area contributed by atoms with E-state index in [0.29, 0.717) is 0 Å². The molecular formula is C21H20N2OS. The van der Waals surface area contributed by atoms with Crippen molar-refractivity contribution in [2.75, 3.05) is 18.4 Å². The molecule has 25 heavy (non-hydrogen) atoms. The standard InChI is InChI=1S/C21H20N2OS/c24-21(19-14-22-13-18(19)20-10-5-11-25-20)23-17-9-4-8-16(12-17)15-6-2-1-3-7-15/h1-12,18-19,22H,13-14H2,(H,23,24)/t18-,19-/m0/s1. The van der Waals surface area contributed by atoms with E-state index in [-0.39, 0.29) is 17.7 Å². The summed E-state index contributed by atoms with van der Waals surface area (Å²) in [5, 5.41) is 8.55. The summed E-state index contributed by atoms with van der Waals surface area (Å²) in [5.74, 6) is 0.324. The van der Waals surface area contributed by atoms with Crippen LogP contribution in [-0.4, -0.2) is 19.0 Å². The van der Waals surface area contributed by atoms with Gasteiger partial charge in [-0.1, -0.05) is 48.5 Å². The minimum absolute atomic E-state index is 0.0287. The molecule has 4 rings (SSSR count). The van der Waals surface area contributed by atoms with Crippen molar-refractivity contribution in [2.24, 2.45) is 5.92 Å². The van der Waals surface area contributed by atoms with Crippen molar-refractivity contribution in [3.05, 3.63) is 77.0 Å². The van der Waals surface area contributed by atoms with Crippen LogP contribution in [-0.2, 0) is 4.79 Å². The monoisotopic (exact) mass is 348 g/mol. The minimum atomic E-state index is -0.0287. The third-order valence-corrected chi connectivity index (χ3v) is 5.70. The average molecular weight is 348 g/mol. The zero-order chi connectivity index (χ0) is 17.1. The van der Waals surface area contributed by atoms with Crippen molar-refractivity contribution in [2.45, 2.75) is 5.92 Å². The Bertz CT molecular complexity index is 845. The predicted molar refractivity (Wildman–Crippen MR) is 104 cm³/mol. The number of rotatable bonds is 4. The van der Waals surface area contributed by atoms with Gasteiger partial charge in [-0.05, 0) is 34.7 Å². The van der Waals surface area contributed by atoms with Gasteiger partial charge in [-0.2, -0.15) is 0 Å². The first-order chi connectivity index (χ1) is 12.3. The van der Waals surface area contributed by atoms with E-state index in [9.17, 15) is 4.79 Å². The molecule has 0 bridgehead atoms. The lowest BCUT2D eigenvalue weighted by atomic mass is 9.93. The van der Waals surface area contributed by atoms with Gasteiger partial charge in [-0.3, -0.25) is 4.79 Å². The van der Waals surface area contributed by atoms with Gasteiger partial charge in [0.1, 0.15) is 0 Å². The van der Waals surface area contributed by atoms with Gasteiger partial charge in [0.15, 0.2) is 0 Å². The Kier molecular flexibility index (Phi) is 4.63. The molecule has 0 radical (unpaired) electrons. The Morgan fingerprint density at radius 1 is 0.960 bits per heavy atom. The molecule has 0 unspecified atom stereocenters. The Hall–Kier alpha value is -2.43. The molecule has 3 nitrogen and oxygen atoms in total. The third-order valence-electron chi connectivity index (χ3n) is 4.70. The van der Waals surface area contributed by atoms with Crippen LogP contribution in [0, 0.1) is 5.92 Å². The lowest BCUT2D eigenvalue weighted by Gasteiger charge is -2.17. The van der Waals surface area contributed by atoms with Crippen molar-refractivity contribution >= 4 is 22.9 Å². The minimum Gasteiger partial charge on any atom is -0.326 e. The molecule has 0 spiro atoms. The normalized spacial score (nSPS) is 19.7. The van der Waals surface area contributed by atoms with Crippen LogP contribution in [0.1, 0.15) is 10.8 Å². The van der Waals surface area contributed by atoms with E-state index in [0.717, 1.165) is 29.9 Å². The van der Waals surface area contributed by atoms with Gasteiger partial charge < -0.3 is 10.6 Å². The Labute approximate surface area is 151 Å². The van der Waals surface area contributed by atoms with Crippen LogP contribution in [0.4, 0.5) is 5.69 Å². The molecule has 1 aliphatic heterocycles. The molecule has 1 amide bonds. The van der Waals surface area contributed by atoms with Gasteiger partial charge in [-0.15, -0.1) is 11.3 Å². The summed E-state index contributed by atoms with van der Waals surface area (Å²) in [4.78, 5) is 14.1. The number of thiophene rings is 1. The SMILES string of the molecule is O=C(Nc1cccc(-c2ccccc2)c1)[C@H]1CNC[C@@H]1c1cccs1. The summed E-state index contributed by atoms with van der Waals surface area (Å²) in [6, 6.07) is 22.4. The highest BCUT2D eigenvalue weighted by Gasteiger charge is 2.34. The lowest BCUT2D eigenvalue weighted by Crippen LogP contribution is -2.27. The van der Waals surface area contributed by atoms with Crippen molar-refractivity contribution in [1.82, 2.24) is 5.32 Å². The Balaban J connectivity index is 1.51. The summed E-state index contributed by atoms with van der Waals surface area (Å²) in [6.45, 7) is 1.59. The van der Waals surface area contributed by atoms with Gasteiger partial charge in [-0.25, -0.2) is 0 Å². The van der Waals surface area contributed by atoms with Gasteiger partial charge in [0.25, 0.3) is 0 Å². The molecule has 2 atom stereocenters. The smallest absolute Gasteiger partial charge is 0.229 e. The van der Waals surface area contributed by atoms with E-state index in [4.69, 9.17) is 0 Å². The largest absolute Gasteiger partial charge is 0.326 e. The lowest BCUT2D eigenvalue weighted by molar-refractivity contribution is -0.119. The van der Waals surface area contributed by atoms with Gasteiger partial charge in [0.2, 0.25) is 5.91 Å². The molecule has 2 aromatic carbocycles. The molecule has 1 aromatic heterocycles. The number of anilines is 1. The molecule has 0 aliphatic carbocycles. The summed E-state index contributed by atoms with van der Waals surface area (Å²) >= 11 is 1.73. The van der Waals surface area contributed by atoms with Gasteiger partial charge in [0, 0.05) is 29.6 Å². The topological polar surface area (TPSA) is 41.1 Å². The molecular weight excluding hydrogens is 328 g/mol. The number of hydrogen-bond donors (Lipinski definition) is 2. The molecule has 2 N–H and O–H groups in total. The molecule has 1 fully saturated rings. The van der Waals surface area contributed by atoms with Crippen molar-refractivity contribution < 1.29 is 4.79 Å². The number of amides is 1. The number of hydrogen-bond acceptors (Lipinski definition) is 3. The second-order valence-electron chi connectivity index (χ2n) is 6.32. The van der Waals surface area contributed by atoms with E-state index in [1.54, 1.807) is 11.3 Å². The second-order valence-corrected chi connectivity index (χ2v) is 7.30. The second kappa shape index (κ2) is 7.21. The molecule has 126 valence electrons. The summed E-state index contributed by atoms with van der Waals surface area (Å²) < 4.78 is 0. The van der Waals surface area contributed by atoms with Crippen molar-refractivity contribution in [3.8, 4) is 11.1 Å². The maximum absolute atomic E-state index is 12.8. The first kappa shape index (κ1) is 16.1. The van der Waals surface area contributed by atoms with Crippen LogP contribution >= 0.6 is 11.3 Å². The third kappa shape index (κ3) is 3.50. The summed E-state index contributed by atoms with van der Waals surface area (Å²) in [5.41, 5.74) is 3.11. The van der Waals surface area contributed by atoms with Crippen molar-refractivity contribution in [3.63, 3.8) is 0 Å². The molecule has 2 heterocycles. The summed E-state index contributed by atoms with van der Waals surface area (Å²) in [7, 11) is 0. The first-order valence-corrected chi connectivity index (χ1v) is 9.40. The Morgan fingerprint density at radius 2 is 1.80 bits per heavy atom. The average Bonchev–Trinajstić information content (AvgIpc) is 3.34. The zero-order valence-electron chi connectivity index (χ0n) is 13.8. The van der Waals surface area contributed by atoms with Crippen molar-refractivity contribution in [1.29, 1.82) is 0 Å². The highest BCUT2D eigenvalue weighted by atomic mass is 32.1. The quantitative estimate of drug-likeness (QED) is 0.736. The van der Waals surface area contributed by atoms with Crippen LogP contribution in [0.25, 0.3) is 11.1 Å². The van der Waals surface area contributed by atoms with Crippen LogP contribution in [0.2, 0.25) is 0 Å². The number of benzene rings is 2. The van der Waals surface area contributed by atoms with Crippen LogP contribution in [0.15, 0.2) is 72.1 Å². The number of nitrogens with one attached hydrogen (secondary N) is 2. The molecule has 0 saturated carbocycles. The number of carbonyl (C=O) groups is 1. The van der Waals surface area contributed by atoms with Gasteiger partial charge in [0.05, 0.1) is 5.92 Å². The zero-order valence-corrected chi connectivity index (χ0v) is 14.6. The fourth-order valence-corrected chi connectivity index (χ4v) is 4.29. The maximum Gasteiger partial charge on any atom is 0.229 e. The van der Waals surface area contributed by atoms with Crippen LogP contribution in [0.5, 0.6) is 0 Å². The van der Waals surface area contributed by atoms with E-state index in [1.807, 2.05) is 36.4 Å². The molecule has 4 heteroatoms. The van der Waals surface area contributed by atoms with Crippen LogP contribution < -0.4 is 10.6 Å². The predicted octanol–water partition coefficient (Wildman–Crippen LogP) is 4.36. The Morgan fingerprint density at radius 3 is 2.60 bits per heavy atom. The highest BCUT2D eigenvalue weighted by Crippen LogP contribution is 2.32. The van der Waals surface area contributed by atoms with E-state index < -0.39 is 0 Å². The van der Waals surface area contributed by atoms with Crippen LogP contribution in [0.3, 0.4) is 0 Å².